The van der Waals surface area contributed by atoms with Crippen LogP contribution in [0.5, 0.6) is 0 Å². The number of primary amides is 1. The van der Waals surface area contributed by atoms with Gasteiger partial charge >= 0.3 is 0 Å². The maximum absolute atomic E-state index is 11.8. The van der Waals surface area contributed by atoms with Crippen LogP contribution in [-0.4, -0.2) is 32.2 Å². The molecule has 2 aromatic rings. The summed E-state index contributed by atoms with van der Waals surface area (Å²) in [5.74, 6) is -0.372. The summed E-state index contributed by atoms with van der Waals surface area (Å²) in [5, 5.41) is 0. The van der Waals surface area contributed by atoms with Crippen molar-refractivity contribution in [2.45, 2.75) is 6.42 Å². The minimum atomic E-state index is -0.372. The van der Waals surface area contributed by atoms with Gasteiger partial charge in [-0.05, 0) is 52.9 Å². The van der Waals surface area contributed by atoms with Crippen molar-refractivity contribution >= 4 is 27.5 Å². The van der Waals surface area contributed by atoms with E-state index in [9.17, 15) is 4.79 Å². The monoisotopic (exact) mass is 372 g/mol. The minimum absolute atomic E-state index is 0.372. The largest absolute Gasteiger partial charge is 0.378 e. The van der Waals surface area contributed by atoms with E-state index in [0.717, 1.165) is 48.3 Å². The normalized spacial score (nSPS) is 16.1. The zero-order chi connectivity index (χ0) is 16.0. The van der Waals surface area contributed by atoms with Gasteiger partial charge in [0, 0.05) is 28.8 Å². The first kappa shape index (κ1) is 14.7. The smallest absolute Gasteiger partial charge is 0.249 e. The Hall–Kier alpha value is -1.85. The van der Waals surface area contributed by atoms with Crippen LogP contribution in [0.3, 0.4) is 0 Å². The van der Waals surface area contributed by atoms with Gasteiger partial charge in [-0.25, -0.2) is 0 Å². The molecule has 2 aromatic carbocycles. The van der Waals surface area contributed by atoms with Gasteiger partial charge in [-0.2, -0.15) is 0 Å². The van der Waals surface area contributed by atoms with E-state index in [1.54, 1.807) is 0 Å². The average molecular weight is 373 g/mol. The number of anilines is 1. The summed E-state index contributed by atoms with van der Waals surface area (Å²) >= 11 is 3.48. The molecule has 0 atom stereocenters. The molecule has 2 aliphatic rings. The summed E-state index contributed by atoms with van der Waals surface area (Å²) in [5.41, 5.74) is 12.0. The fourth-order valence-electron chi connectivity index (χ4n) is 3.49. The van der Waals surface area contributed by atoms with Crippen LogP contribution in [0.25, 0.3) is 11.1 Å². The Morgan fingerprint density at radius 1 is 1.13 bits per heavy atom. The third-order valence-corrected chi connectivity index (χ3v) is 5.06. The van der Waals surface area contributed by atoms with E-state index in [-0.39, 0.29) is 5.91 Å². The third kappa shape index (κ3) is 2.54. The molecule has 1 amide bonds. The van der Waals surface area contributed by atoms with Crippen molar-refractivity contribution in [3.8, 4) is 11.1 Å². The molecule has 0 bridgehead atoms. The minimum Gasteiger partial charge on any atom is -0.378 e. The predicted octanol–water partition coefficient (Wildman–Crippen LogP) is 2.96. The summed E-state index contributed by atoms with van der Waals surface area (Å²) in [6, 6.07) is 10.4. The molecular weight excluding hydrogens is 356 g/mol. The summed E-state index contributed by atoms with van der Waals surface area (Å²) in [6.45, 7) is 3.39. The fourth-order valence-corrected chi connectivity index (χ4v) is 3.94. The highest BCUT2D eigenvalue weighted by Crippen LogP contribution is 2.41. The Morgan fingerprint density at radius 2 is 1.91 bits per heavy atom. The summed E-state index contributed by atoms with van der Waals surface area (Å²) in [6.07, 6.45) is 0.758. The number of ether oxygens (including phenoxy) is 1. The Morgan fingerprint density at radius 3 is 2.65 bits per heavy atom. The number of amides is 1. The molecule has 2 N–H and O–H groups in total. The molecule has 0 unspecified atom stereocenters. The molecule has 23 heavy (non-hydrogen) atoms. The maximum Gasteiger partial charge on any atom is 0.249 e. The van der Waals surface area contributed by atoms with Gasteiger partial charge in [0.25, 0.3) is 0 Å². The van der Waals surface area contributed by atoms with Gasteiger partial charge in [-0.15, -0.1) is 0 Å². The SMILES string of the molecule is NC(=O)c1cc(Br)cc2c1Cc1cc(N3CCOCC3)ccc1-2. The number of fused-ring (bicyclic) bond motifs is 3. The van der Waals surface area contributed by atoms with E-state index in [1.807, 2.05) is 6.07 Å². The Balaban J connectivity index is 1.76. The second-order valence-electron chi connectivity index (χ2n) is 5.96. The molecule has 1 saturated heterocycles. The molecule has 5 heteroatoms. The van der Waals surface area contributed by atoms with Crippen molar-refractivity contribution in [1.82, 2.24) is 0 Å². The van der Waals surface area contributed by atoms with E-state index < -0.39 is 0 Å². The fraction of sp³-hybridized carbons (Fsp3) is 0.278. The molecule has 4 rings (SSSR count). The van der Waals surface area contributed by atoms with Crippen molar-refractivity contribution in [1.29, 1.82) is 0 Å². The third-order valence-electron chi connectivity index (χ3n) is 4.60. The average Bonchev–Trinajstić information content (AvgIpc) is 2.92. The number of carbonyl (C=O) groups excluding carboxylic acids is 1. The quantitative estimate of drug-likeness (QED) is 0.752. The lowest BCUT2D eigenvalue weighted by molar-refractivity contribution is 0.0999. The second kappa shape index (κ2) is 5.65. The first-order valence-electron chi connectivity index (χ1n) is 7.72. The lowest BCUT2D eigenvalue weighted by Crippen LogP contribution is -2.36. The molecule has 4 nitrogen and oxygen atoms in total. The molecule has 1 aliphatic heterocycles. The number of nitrogens with zero attached hydrogens (tertiary/aromatic N) is 1. The first-order valence-corrected chi connectivity index (χ1v) is 8.51. The molecule has 1 heterocycles. The maximum atomic E-state index is 11.8. The second-order valence-corrected chi connectivity index (χ2v) is 6.88. The molecule has 1 fully saturated rings. The summed E-state index contributed by atoms with van der Waals surface area (Å²) in [4.78, 5) is 14.1. The van der Waals surface area contributed by atoms with Crippen molar-refractivity contribution < 1.29 is 9.53 Å². The van der Waals surface area contributed by atoms with Gasteiger partial charge in [-0.1, -0.05) is 22.0 Å². The highest BCUT2D eigenvalue weighted by atomic mass is 79.9. The highest BCUT2D eigenvalue weighted by Gasteiger charge is 2.25. The van der Waals surface area contributed by atoms with E-state index in [0.29, 0.717) is 5.56 Å². The highest BCUT2D eigenvalue weighted by molar-refractivity contribution is 9.10. The van der Waals surface area contributed by atoms with Crippen LogP contribution in [0.4, 0.5) is 5.69 Å². The van der Waals surface area contributed by atoms with E-state index >= 15 is 0 Å². The van der Waals surface area contributed by atoms with Gasteiger partial charge in [0.15, 0.2) is 0 Å². The lowest BCUT2D eigenvalue weighted by Gasteiger charge is -2.29. The molecule has 0 saturated carbocycles. The van der Waals surface area contributed by atoms with Crippen LogP contribution in [0, 0.1) is 0 Å². The zero-order valence-electron chi connectivity index (χ0n) is 12.6. The number of hydrogen-bond acceptors (Lipinski definition) is 3. The number of benzene rings is 2. The molecule has 0 radical (unpaired) electrons. The van der Waals surface area contributed by atoms with Crippen LogP contribution >= 0.6 is 15.9 Å². The van der Waals surface area contributed by atoms with Crippen molar-refractivity contribution in [3.63, 3.8) is 0 Å². The van der Waals surface area contributed by atoms with Crippen molar-refractivity contribution in [2.75, 3.05) is 31.2 Å². The van der Waals surface area contributed by atoms with Gasteiger partial charge in [-0.3, -0.25) is 4.79 Å². The molecule has 118 valence electrons. The number of halogens is 1. The number of carbonyl (C=O) groups is 1. The van der Waals surface area contributed by atoms with E-state index in [2.05, 4.69) is 45.1 Å². The predicted molar refractivity (Wildman–Crippen MR) is 93.9 cm³/mol. The lowest BCUT2D eigenvalue weighted by atomic mass is 10.0. The Bertz CT molecular complexity index is 798. The topological polar surface area (TPSA) is 55.6 Å². The molecule has 0 aromatic heterocycles. The van der Waals surface area contributed by atoms with Crippen LogP contribution in [-0.2, 0) is 11.2 Å². The van der Waals surface area contributed by atoms with Gasteiger partial charge in [0.05, 0.1) is 13.2 Å². The standard InChI is InChI=1S/C18H17BrN2O2/c19-12-9-16-14-2-1-13(21-3-5-23-6-4-21)7-11(14)8-15(16)17(10-12)18(20)22/h1-2,7,9-10H,3-6,8H2,(H2,20,22). The zero-order valence-corrected chi connectivity index (χ0v) is 14.2. The van der Waals surface area contributed by atoms with E-state index in [4.69, 9.17) is 10.5 Å². The number of rotatable bonds is 2. The van der Waals surface area contributed by atoms with Crippen LogP contribution in [0.15, 0.2) is 34.8 Å². The van der Waals surface area contributed by atoms with Crippen molar-refractivity contribution in [2.24, 2.45) is 5.73 Å². The summed E-state index contributed by atoms with van der Waals surface area (Å²) < 4.78 is 6.31. The first-order chi connectivity index (χ1) is 11.1. The summed E-state index contributed by atoms with van der Waals surface area (Å²) in [7, 11) is 0. The van der Waals surface area contributed by atoms with Gasteiger partial charge in [0.2, 0.25) is 5.91 Å². The number of nitrogens with two attached hydrogens (primary N) is 1. The van der Waals surface area contributed by atoms with Crippen LogP contribution in [0.2, 0.25) is 0 Å². The Labute approximate surface area is 143 Å². The number of hydrogen-bond donors (Lipinski definition) is 1. The van der Waals surface area contributed by atoms with Crippen LogP contribution in [0.1, 0.15) is 21.5 Å². The van der Waals surface area contributed by atoms with Crippen LogP contribution < -0.4 is 10.6 Å². The van der Waals surface area contributed by atoms with Gasteiger partial charge in [0.1, 0.15) is 0 Å². The van der Waals surface area contributed by atoms with Crippen molar-refractivity contribution in [3.05, 3.63) is 51.5 Å². The Kier molecular flexibility index (Phi) is 3.62. The number of morpholine rings is 1. The molecule has 1 aliphatic carbocycles. The van der Waals surface area contributed by atoms with Gasteiger partial charge < -0.3 is 15.4 Å². The molecular formula is C18H17BrN2O2. The van der Waals surface area contributed by atoms with E-state index in [1.165, 1.54) is 16.8 Å². The molecule has 0 spiro atoms.